The van der Waals surface area contributed by atoms with Crippen molar-refractivity contribution in [1.29, 1.82) is 0 Å². The van der Waals surface area contributed by atoms with Crippen molar-refractivity contribution in [1.82, 2.24) is 19.9 Å². The van der Waals surface area contributed by atoms with Crippen LogP contribution in [0, 0.1) is 0 Å². The van der Waals surface area contributed by atoms with E-state index in [1.165, 1.54) is 11.1 Å². The third-order valence-electron chi connectivity index (χ3n) is 5.42. The molecule has 0 aliphatic carbocycles. The minimum absolute atomic E-state index is 0.362. The number of rotatable bonds is 6. The van der Waals surface area contributed by atoms with Gasteiger partial charge in [0.25, 0.3) is 5.91 Å². The lowest BCUT2D eigenvalue weighted by atomic mass is 10.0. The van der Waals surface area contributed by atoms with Crippen LogP contribution >= 0.6 is 0 Å². The van der Waals surface area contributed by atoms with Crippen LogP contribution < -0.4 is 4.74 Å². The van der Waals surface area contributed by atoms with Crippen LogP contribution in [0.4, 0.5) is 0 Å². The van der Waals surface area contributed by atoms with Crippen LogP contribution in [0.3, 0.4) is 0 Å². The number of nitrogens with one attached hydrogen (secondary N) is 1. The first kappa shape index (κ1) is 20.6. The number of nitrogens with zero attached hydrogens (tertiary/aromatic N) is 3. The van der Waals surface area contributed by atoms with E-state index in [4.69, 9.17) is 4.74 Å². The van der Waals surface area contributed by atoms with Crippen LogP contribution in [0.25, 0.3) is 33.3 Å². The molecule has 1 atom stereocenters. The van der Waals surface area contributed by atoms with E-state index in [9.17, 15) is 9.90 Å². The number of hydrogen-bond acceptors (Lipinski definition) is 5. The highest BCUT2D eigenvalue weighted by Gasteiger charge is 2.21. The summed E-state index contributed by atoms with van der Waals surface area (Å²) in [5, 5.41) is 11.4. The predicted molar refractivity (Wildman–Crippen MR) is 120 cm³/mol. The van der Waals surface area contributed by atoms with E-state index >= 15 is 0 Å². The zero-order chi connectivity index (χ0) is 22.0. The predicted octanol–water partition coefficient (Wildman–Crippen LogP) is 3.81. The molecule has 0 radical (unpaired) electrons. The normalized spacial score (nSPS) is 12.0. The first-order valence-corrected chi connectivity index (χ1v) is 10.0. The number of carbonyl (C=O) groups excluding carboxylic acids is 1. The fraction of sp³-hybridized carbons (Fsp3) is 0.208. The molecular formula is C24H24N4O3. The summed E-state index contributed by atoms with van der Waals surface area (Å²) in [5.74, 6) is 0.415. The summed E-state index contributed by atoms with van der Waals surface area (Å²) in [6.07, 6.45) is 5.61. The van der Waals surface area contributed by atoms with Gasteiger partial charge in [-0.25, -0.2) is 4.98 Å². The molecule has 1 amide bonds. The van der Waals surface area contributed by atoms with Crippen LogP contribution in [0.5, 0.6) is 5.75 Å². The maximum atomic E-state index is 12.3. The minimum Gasteiger partial charge on any atom is -0.496 e. The topological polar surface area (TPSA) is 91.3 Å². The number of carbonyl (C=O) groups is 1. The number of para-hydroxylation sites is 1. The fourth-order valence-electron chi connectivity index (χ4n) is 3.52. The molecule has 31 heavy (non-hydrogen) atoms. The summed E-state index contributed by atoms with van der Waals surface area (Å²) in [7, 11) is 3.31. The molecule has 1 unspecified atom stereocenters. The number of fused-ring (bicyclic) bond motifs is 1. The molecule has 0 spiro atoms. The Morgan fingerprint density at radius 3 is 2.71 bits per heavy atom. The van der Waals surface area contributed by atoms with E-state index in [2.05, 4.69) is 15.0 Å². The fourth-order valence-corrected chi connectivity index (χ4v) is 3.52. The van der Waals surface area contributed by atoms with Crippen molar-refractivity contribution in [2.24, 2.45) is 0 Å². The maximum Gasteiger partial charge on any atom is 0.255 e. The summed E-state index contributed by atoms with van der Waals surface area (Å²) in [5.41, 5.74) is 4.75. The lowest BCUT2D eigenvalue weighted by molar-refractivity contribution is -0.138. The Hall–Kier alpha value is -3.71. The zero-order valence-corrected chi connectivity index (χ0v) is 17.7. The average molecular weight is 416 g/mol. The molecule has 158 valence electrons. The van der Waals surface area contributed by atoms with E-state index in [0.29, 0.717) is 12.1 Å². The molecule has 1 aromatic carbocycles. The molecule has 0 aliphatic rings. The number of aliphatic hydroxyl groups is 1. The second kappa shape index (κ2) is 8.57. The molecule has 0 fully saturated rings. The smallest absolute Gasteiger partial charge is 0.255 e. The van der Waals surface area contributed by atoms with Crippen LogP contribution in [0.1, 0.15) is 18.6 Å². The molecule has 0 aliphatic heterocycles. The number of hydrogen-bond donors (Lipinski definition) is 2. The van der Waals surface area contributed by atoms with Gasteiger partial charge in [-0.15, -0.1) is 0 Å². The zero-order valence-electron chi connectivity index (χ0n) is 17.7. The quantitative estimate of drug-likeness (QED) is 0.499. The van der Waals surface area contributed by atoms with E-state index < -0.39 is 6.10 Å². The van der Waals surface area contributed by atoms with Crippen LogP contribution in [0.15, 0.2) is 61.2 Å². The van der Waals surface area contributed by atoms with E-state index in [-0.39, 0.29) is 5.91 Å². The molecule has 0 saturated carbocycles. The van der Waals surface area contributed by atoms with Crippen LogP contribution in [-0.2, 0) is 4.79 Å². The van der Waals surface area contributed by atoms with Crippen molar-refractivity contribution in [3.8, 4) is 28.0 Å². The summed E-state index contributed by atoms with van der Waals surface area (Å²) in [6, 6.07) is 11.6. The minimum atomic E-state index is -1.26. The van der Waals surface area contributed by atoms with E-state index in [0.717, 1.165) is 39.0 Å². The lowest BCUT2D eigenvalue weighted by Gasteiger charge is -2.19. The number of aromatic nitrogens is 3. The van der Waals surface area contributed by atoms with E-state index in [1.54, 1.807) is 32.6 Å². The van der Waals surface area contributed by atoms with Gasteiger partial charge in [0, 0.05) is 71.6 Å². The lowest BCUT2D eigenvalue weighted by Crippen LogP contribution is -2.31. The van der Waals surface area contributed by atoms with Crippen LogP contribution in [0.2, 0.25) is 0 Å². The summed E-state index contributed by atoms with van der Waals surface area (Å²) >= 11 is 0. The van der Waals surface area contributed by atoms with Gasteiger partial charge in [-0.05, 0) is 25.1 Å². The highest BCUT2D eigenvalue weighted by atomic mass is 16.5. The molecular weight excluding hydrogens is 392 g/mol. The number of benzene rings is 1. The van der Waals surface area contributed by atoms with Gasteiger partial charge >= 0.3 is 0 Å². The highest BCUT2D eigenvalue weighted by Crippen LogP contribution is 2.36. The number of H-pyrrole nitrogens is 1. The Morgan fingerprint density at radius 1 is 1.16 bits per heavy atom. The van der Waals surface area contributed by atoms with Gasteiger partial charge in [0.05, 0.1) is 7.11 Å². The Labute approximate surface area is 180 Å². The number of pyridine rings is 2. The highest BCUT2D eigenvalue weighted by molar-refractivity contribution is 5.97. The van der Waals surface area contributed by atoms with E-state index in [1.807, 2.05) is 43.5 Å². The molecule has 0 saturated heterocycles. The SMILES string of the molecule is CCN(C)C(=O)C(O)c1cncc(-c2cnc3[nH]cc(-c4ccccc4OC)c3c2)c1. The van der Waals surface area contributed by atoms with Crippen molar-refractivity contribution in [3.63, 3.8) is 0 Å². The van der Waals surface area contributed by atoms with Crippen molar-refractivity contribution in [2.45, 2.75) is 13.0 Å². The molecule has 4 rings (SSSR count). The number of aliphatic hydroxyl groups excluding tert-OH is 1. The summed E-state index contributed by atoms with van der Waals surface area (Å²) in [4.78, 5) is 25.8. The second-order valence-corrected chi connectivity index (χ2v) is 7.28. The van der Waals surface area contributed by atoms with Crippen molar-refractivity contribution in [2.75, 3.05) is 20.7 Å². The monoisotopic (exact) mass is 416 g/mol. The van der Waals surface area contributed by atoms with Gasteiger partial charge in [-0.3, -0.25) is 9.78 Å². The number of ether oxygens (including phenoxy) is 1. The Morgan fingerprint density at radius 2 is 1.94 bits per heavy atom. The molecule has 2 N–H and O–H groups in total. The summed E-state index contributed by atoms with van der Waals surface area (Å²) in [6.45, 7) is 2.37. The van der Waals surface area contributed by atoms with Crippen LogP contribution in [-0.4, -0.2) is 51.6 Å². The molecule has 7 nitrogen and oxygen atoms in total. The Balaban J connectivity index is 1.75. The van der Waals surface area contributed by atoms with Gasteiger partial charge in [0.2, 0.25) is 0 Å². The number of aromatic amines is 1. The maximum absolute atomic E-state index is 12.3. The standard InChI is InChI=1S/C24H24N4O3/c1-4-28(2)24(30)22(29)17-9-15(11-25-12-17)16-10-19-20(14-27-23(19)26-13-16)18-7-5-6-8-21(18)31-3/h5-14,22,29H,4H2,1-3H3,(H,26,27). The summed E-state index contributed by atoms with van der Waals surface area (Å²) < 4.78 is 5.52. The van der Waals surface area contributed by atoms with Crippen molar-refractivity contribution < 1.29 is 14.6 Å². The molecule has 7 heteroatoms. The molecule has 4 aromatic rings. The number of likely N-dealkylation sites (N-methyl/N-ethyl adjacent to an activating group) is 1. The largest absolute Gasteiger partial charge is 0.496 e. The Kier molecular flexibility index (Phi) is 5.68. The third-order valence-corrected chi connectivity index (χ3v) is 5.42. The van der Waals surface area contributed by atoms with Gasteiger partial charge < -0.3 is 19.7 Å². The van der Waals surface area contributed by atoms with Gasteiger partial charge in [-0.1, -0.05) is 18.2 Å². The first-order chi connectivity index (χ1) is 15.0. The molecule has 3 heterocycles. The Bertz CT molecular complexity index is 1230. The number of methoxy groups -OCH3 is 1. The number of amides is 1. The van der Waals surface area contributed by atoms with Gasteiger partial charge in [0.1, 0.15) is 11.4 Å². The average Bonchev–Trinajstić information content (AvgIpc) is 3.25. The van der Waals surface area contributed by atoms with Crippen molar-refractivity contribution >= 4 is 16.9 Å². The first-order valence-electron chi connectivity index (χ1n) is 10.0. The second-order valence-electron chi connectivity index (χ2n) is 7.28. The van der Waals surface area contributed by atoms with Crippen molar-refractivity contribution in [3.05, 3.63) is 66.7 Å². The van der Waals surface area contributed by atoms with Gasteiger partial charge in [0.15, 0.2) is 6.10 Å². The molecule has 0 bridgehead atoms. The van der Waals surface area contributed by atoms with Gasteiger partial charge in [-0.2, -0.15) is 0 Å². The molecule has 3 aromatic heterocycles. The third kappa shape index (κ3) is 3.87.